The zero-order valence-corrected chi connectivity index (χ0v) is 7.82. The lowest BCUT2D eigenvalue weighted by Crippen LogP contribution is -1.89. The van der Waals surface area contributed by atoms with Gasteiger partial charge in [-0.3, -0.25) is 0 Å². The maximum absolute atomic E-state index is 2.29. The second-order valence-electron chi connectivity index (χ2n) is 2.94. The van der Waals surface area contributed by atoms with Crippen LogP contribution in [0.15, 0.2) is 0 Å². The van der Waals surface area contributed by atoms with Crippen LogP contribution < -0.4 is 0 Å². The highest BCUT2D eigenvalue weighted by Gasteiger charge is 2.12. The molecule has 1 saturated carbocycles. The van der Waals surface area contributed by atoms with Gasteiger partial charge in [-0.2, -0.15) is 0 Å². The van der Waals surface area contributed by atoms with E-state index in [2.05, 4.69) is 6.92 Å². The summed E-state index contributed by atoms with van der Waals surface area (Å²) in [7, 11) is 0. The topological polar surface area (TPSA) is 0 Å². The van der Waals surface area contributed by atoms with Crippen molar-refractivity contribution >= 4 is 0 Å². The first-order valence-corrected chi connectivity index (χ1v) is 4.93. The Morgan fingerprint density at radius 1 is 1.00 bits per heavy atom. The van der Waals surface area contributed by atoms with Crippen molar-refractivity contribution in [3.8, 4) is 0 Å². The Balaban J connectivity index is -0.000000189. The van der Waals surface area contributed by atoms with Crippen molar-refractivity contribution in [1.82, 2.24) is 0 Å². The molecule has 0 bridgehead atoms. The molecule has 0 N–H and O–H groups in total. The molecule has 0 saturated heterocycles. The molecule has 1 fully saturated rings. The van der Waals surface area contributed by atoms with Crippen LogP contribution in [0.5, 0.6) is 0 Å². The molecular formula is C12H30. The fraction of sp³-hybridized carbons (Fsp3) is 1.00. The van der Waals surface area contributed by atoms with E-state index in [0.717, 1.165) is 5.92 Å². The molecule has 0 aromatic carbocycles. The lowest BCUT2D eigenvalue weighted by Gasteiger charge is -2.03. The Bertz CT molecular complexity index is 51.1. The molecule has 0 heterocycles. The quantitative estimate of drug-likeness (QED) is 0.534. The van der Waals surface area contributed by atoms with Crippen LogP contribution in [-0.2, 0) is 0 Å². The highest BCUT2D eigenvalue weighted by atomic mass is 14.2. The van der Waals surface area contributed by atoms with E-state index in [1.165, 1.54) is 38.5 Å². The summed E-state index contributed by atoms with van der Waals surface area (Å²) < 4.78 is 0. The molecule has 0 radical (unpaired) electrons. The van der Waals surface area contributed by atoms with Crippen molar-refractivity contribution in [2.75, 3.05) is 0 Å². The van der Waals surface area contributed by atoms with Gasteiger partial charge in [0.15, 0.2) is 0 Å². The minimum atomic E-state index is 0. The molecule has 0 atom stereocenters. The highest BCUT2D eigenvalue weighted by molar-refractivity contribution is 4.65. The van der Waals surface area contributed by atoms with Crippen LogP contribution in [-0.4, -0.2) is 0 Å². The first-order valence-electron chi connectivity index (χ1n) is 4.93. The third-order valence-electron chi connectivity index (χ3n) is 2.17. The van der Waals surface area contributed by atoms with Crippen LogP contribution in [0, 0.1) is 5.92 Å². The Hall–Kier alpha value is 0. The molecule has 12 heavy (non-hydrogen) atoms. The van der Waals surface area contributed by atoms with Crippen molar-refractivity contribution in [3.63, 3.8) is 0 Å². The summed E-state index contributed by atoms with van der Waals surface area (Å²) in [6.45, 7) is 6.29. The summed E-state index contributed by atoms with van der Waals surface area (Å²) >= 11 is 0. The highest BCUT2D eigenvalue weighted by Crippen LogP contribution is 2.27. The summed E-state index contributed by atoms with van der Waals surface area (Å²) in [5.74, 6) is 1.11. The summed E-state index contributed by atoms with van der Waals surface area (Å²) in [6.07, 6.45) is 8.93. The second kappa shape index (κ2) is 13.6. The average Bonchev–Trinajstić information content (AvgIpc) is 2.46. The first-order chi connectivity index (χ1) is 4.93. The van der Waals surface area contributed by atoms with E-state index >= 15 is 0 Å². The molecule has 0 unspecified atom stereocenters. The third kappa shape index (κ3) is 8.10. The van der Waals surface area contributed by atoms with Gasteiger partial charge in [-0.05, 0) is 5.92 Å². The Kier molecular flexibility index (Phi) is 20.3. The molecule has 0 heteroatoms. The standard InChI is InChI=1S/C8H16.C2H6.2CH4/c1-2-5-8-6-3-4-7-8;1-2;;/h8H,2-7H2,1H3;1-2H3;2*1H4. The summed E-state index contributed by atoms with van der Waals surface area (Å²) in [6, 6.07) is 0. The van der Waals surface area contributed by atoms with E-state index in [9.17, 15) is 0 Å². The summed E-state index contributed by atoms with van der Waals surface area (Å²) in [5, 5.41) is 0. The summed E-state index contributed by atoms with van der Waals surface area (Å²) in [5.41, 5.74) is 0. The zero-order valence-electron chi connectivity index (χ0n) is 7.82. The molecule has 1 aliphatic rings. The predicted octanol–water partition coefficient (Wildman–Crippen LogP) is 5.28. The second-order valence-corrected chi connectivity index (χ2v) is 2.94. The van der Waals surface area contributed by atoms with Gasteiger partial charge < -0.3 is 0 Å². The first kappa shape index (κ1) is 17.9. The maximum atomic E-state index is 2.29. The predicted molar refractivity (Wildman–Crippen MR) is 61.7 cm³/mol. The van der Waals surface area contributed by atoms with Gasteiger partial charge in [0.05, 0.1) is 0 Å². The van der Waals surface area contributed by atoms with Gasteiger partial charge in [0.2, 0.25) is 0 Å². The van der Waals surface area contributed by atoms with Crippen molar-refractivity contribution < 1.29 is 0 Å². The fourth-order valence-corrected chi connectivity index (χ4v) is 1.71. The number of hydrogen-bond donors (Lipinski definition) is 0. The van der Waals surface area contributed by atoms with Gasteiger partial charge in [-0.25, -0.2) is 0 Å². The Labute approximate surface area is 80.8 Å². The van der Waals surface area contributed by atoms with Crippen LogP contribution in [0.3, 0.4) is 0 Å². The summed E-state index contributed by atoms with van der Waals surface area (Å²) in [4.78, 5) is 0. The maximum Gasteiger partial charge on any atom is -0.0414 e. The molecule has 0 spiro atoms. The molecule has 1 rings (SSSR count). The number of rotatable bonds is 2. The average molecular weight is 174 g/mol. The van der Waals surface area contributed by atoms with E-state index < -0.39 is 0 Å². The van der Waals surface area contributed by atoms with Crippen LogP contribution >= 0.6 is 0 Å². The van der Waals surface area contributed by atoms with E-state index in [1.807, 2.05) is 13.8 Å². The third-order valence-corrected chi connectivity index (χ3v) is 2.17. The smallest absolute Gasteiger partial charge is 0.0414 e. The SMILES string of the molecule is C.C.CC.CCCC1CCCC1. The van der Waals surface area contributed by atoms with Crippen LogP contribution in [0.4, 0.5) is 0 Å². The van der Waals surface area contributed by atoms with Gasteiger partial charge >= 0.3 is 0 Å². The fourth-order valence-electron chi connectivity index (χ4n) is 1.71. The zero-order chi connectivity index (χ0) is 7.82. The Morgan fingerprint density at radius 3 is 1.75 bits per heavy atom. The molecule has 0 aliphatic heterocycles. The lowest BCUT2D eigenvalue weighted by atomic mass is 10.0. The van der Waals surface area contributed by atoms with Crippen LogP contribution in [0.1, 0.15) is 74.1 Å². The van der Waals surface area contributed by atoms with E-state index in [0.29, 0.717) is 0 Å². The monoisotopic (exact) mass is 174 g/mol. The minimum Gasteiger partial charge on any atom is -0.0776 e. The van der Waals surface area contributed by atoms with Gasteiger partial charge in [-0.15, -0.1) is 0 Å². The van der Waals surface area contributed by atoms with Crippen LogP contribution in [0.2, 0.25) is 0 Å². The molecule has 1 aliphatic carbocycles. The van der Waals surface area contributed by atoms with Crippen molar-refractivity contribution in [2.45, 2.75) is 74.1 Å². The molecule has 0 aromatic heterocycles. The van der Waals surface area contributed by atoms with Crippen LogP contribution in [0.25, 0.3) is 0 Å². The lowest BCUT2D eigenvalue weighted by molar-refractivity contribution is 0.496. The van der Waals surface area contributed by atoms with Crippen molar-refractivity contribution in [2.24, 2.45) is 5.92 Å². The minimum absolute atomic E-state index is 0. The molecule has 0 aromatic rings. The molecular weight excluding hydrogens is 144 g/mol. The molecule has 78 valence electrons. The van der Waals surface area contributed by atoms with Gasteiger partial charge in [-0.1, -0.05) is 74.1 Å². The molecule has 0 nitrogen and oxygen atoms in total. The largest absolute Gasteiger partial charge is 0.0776 e. The van der Waals surface area contributed by atoms with E-state index in [4.69, 9.17) is 0 Å². The van der Waals surface area contributed by atoms with Gasteiger partial charge in [0, 0.05) is 0 Å². The molecule has 0 amide bonds. The van der Waals surface area contributed by atoms with Crippen molar-refractivity contribution in [1.29, 1.82) is 0 Å². The number of hydrogen-bond acceptors (Lipinski definition) is 0. The Morgan fingerprint density at radius 2 is 1.42 bits per heavy atom. The van der Waals surface area contributed by atoms with Gasteiger partial charge in [0.1, 0.15) is 0 Å². The normalized spacial score (nSPS) is 15.2. The van der Waals surface area contributed by atoms with E-state index in [1.54, 1.807) is 0 Å². The van der Waals surface area contributed by atoms with E-state index in [-0.39, 0.29) is 14.9 Å². The van der Waals surface area contributed by atoms with Gasteiger partial charge in [0.25, 0.3) is 0 Å². The van der Waals surface area contributed by atoms with Crippen molar-refractivity contribution in [3.05, 3.63) is 0 Å².